The molecular weight excluding hydrogens is 573 g/mol. The summed E-state index contributed by atoms with van der Waals surface area (Å²) in [5.41, 5.74) is 10.1. The van der Waals surface area contributed by atoms with Crippen molar-refractivity contribution in [2.24, 2.45) is 11.8 Å². The zero-order valence-corrected chi connectivity index (χ0v) is 29.4. The van der Waals surface area contributed by atoms with Crippen molar-refractivity contribution in [3.05, 3.63) is 139 Å². The van der Waals surface area contributed by atoms with E-state index in [2.05, 4.69) is 179 Å². The van der Waals surface area contributed by atoms with Gasteiger partial charge in [-0.05, 0) is 70.5 Å². The van der Waals surface area contributed by atoms with Crippen LogP contribution in [0.15, 0.2) is 122 Å². The molecule has 0 amide bonds. The Morgan fingerprint density at radius 2 is 1.32 bits per heavy atom. The van der Waals surface area contributed by atoms with Crippen LogP contribution in [-0.2, 0) is 6.54 Å². The molecule has 0 saturated carbocycles. The molecule has 0 fully saturated rings. The van der Waals surface area contributed by atoms with Gasteiger partial charge in [0.2, 0.25) is 0 Å². The average molecular weight is 624 g/mol. The van der Waals surface area contributed by atoms with Gasteiger partial charge in [0.1, 0.15) is 18.2 Å². The molecule has 4 heteroatoms. The number of nitrogens with zero attached hydrogens (tertiary/aromatic N) is 3. The number of rotatable bonds is 9. The zero-order valence-electron chi connectivity index (χ0n) is 29.4. The molecule has 0 bridgehead atoms. The molecule has 1 N–H and O–H groups in total. The lowest BCUT2D eigenvalue weighted by atomic mass is 9.92. The van der Waals surface area contributed by atoms with Gasteiger partial charge in [-0.15, -0.1) is 0 Å². The Kier molecular flexibility index (Phi) is 10.9. The Balaban J connectivity index is 0.000000207. The number of hydrogen-bond acceptors (Lipinski definition) is 1. The highest BCUT2D eigenvalue weighted by Gasteiger charge is 2.20. The minimum atomic E-state index is 0.439. The largest absolute Gasteiger partial charge is 0.299 e. The SMILES string of the molecule is CC(C)c1cccc(C(C)C)c1-n1ccnc1-c1cccc(-c2ccccc2)c1.Cc1ccccc1-c1[nH]cc[n+]1C[C@@H](C)C(C)C. The van der Waals surface area contributed by atoms with Crippen LogP contribution in [0.3, 0.4) is 0 Å². The molecule has 6 rings (SSSR count). The van der Waals surface area contributed by atoms with Crippen LogP contribution < -0.4 is 4.57 Å². The molecule has 0 spiro atoms. The van der Waals surface area contributed by atoms with E-state index in [0.29, 0.717) is 23.7 Å². The fraction of sp³-hybridized carbons (Fsp3) is 0.302. The fourth-order valence-corrected chi connectivity index (χ4v) is 6.06. The minimum Gasteiger partial charge on any atom is -0.299 e. The van der Waals surface area contributed by atoms with Crippen molar-refractivity contribution in [2.75, 3.05) is 0 Å². The van der Waals surface area contributed by atoms with E-state index >= 15 is 0 Å². The third kappa shape index (κ3) is 7.82. The van der Waals surface area contributed by atoms with Crippen molar-refractivity contribution in [2.45, 2.75) is 73.8 Å². The summed E-state index contributed by atoms with van der Waals surface area (Å²) in [6.45, 7) is 19.1. The van der Waals surface area contributed by atoms with Crippen LogP contribution >= 0.6 is 0 Å². The molecule has 4 nitrogen and oxygen atoms in total. The van der Waals surface area contributed by atoms with Gasteiger partial charge in [-0.2, -0.15) is 0 Å². The van der Waals surface area contributed by atoms with Gasteiger partial charge in [0.15, 0.2) is 0 Å². The van der Waals surface area contributed by atoms with Crippen molar-refractivity contribution in [3.8, 4) is 39.6 Å². The second-order valence-corrected chi connectivity index (χ2v) is 13.7. The predicted octanol–water partition coefficient (Wildman–Crippen LogP) is 11.0. The van der Waals surface area contributed by atoms with Gasteiger partial charge in [0.05, 0.1) is 17.8 Å². The first-order chi connectivity index (χ1) is 22.7. The molecule has 242 valence electrons. The molecule has 47 heavy (non-hydrogen) atoms. The van der Waals surface area contributed by atoms with Crippen LogP contribution in [0.1, 0.15) is 77.0 Å². The molecule has 0 aliphatic carbocycles. The molecular formula is C43H51N4+. The van der Waals surface area contributed by atoms with E-state index in [1.165, 1.54) is 44.9 Å². The van der Waals surface area contributed by atoms with Gasteiger partial charge in [-0.25, -0.2) is 14.5 Å². The van der Waals surface area contributed by atoms with E-state index in [4.69, 9.17) is 4.98 Å². The highest BCUT2D eigenvalue weighted by atomic mass is 15.1. The Morgan fingerprint density at radius 3 is 1.98 bits per heavy atom. The van der Waals surface area contributed by atoms with Crippen LogP contribution in [0.25, 0.3) is 39.6 Å². The molecule has 0 aliphatic heterocycles. The average Bonchev–Trinajstić information content (AvgIpc) is 3.75. The van der Waals surface area contributed by atoms with E-state index in [1.54, 1.807) is 0 Å². The third-order valence-electron chi connectivity index (χ3n) is 9.24. The predicted molar refractivity (Wildman–Crippen MR) is 198 cm³/mol. The molecule has 0 unspecified atom stereocenters. The number of nitrogens with one attached hydrogen (secondary N) is 1. The maximum absolute atomic E-state index is 4.76. The van der Waals surface area contributed by atoms with Crippen molar-refractivity contribution in [1.82, 2.24) is 14.5 Å². The number of H-pyrrole nitrogens is 1. The standard InChI is InChI=1S/C27H28N2.C16H22N2/c1-19(2)24-14-9-15-25(20(3)4)26(24)29-17-16-28-27(29)23-13-8-12-22(18-23)21-10-6-5-7-11-21;1-12(2)14(4)11-18-10-9-17-16(18)15-8-6-5-7-13(15)3/h5-20H,1-4H3;5-10,12,14H,11H2,1-4H3/p+1/t;14-/m.1/s1. The Morgan fingerprint density at radius 1 is 0.702 bits per heavy atom. The third-order valence-corrected chi connectivity index (χ3v) is 9.24. The molecule has 2 heterocycles. The number of aryl methyl sites for hydroxylation is 1. The molecule has 4 aromatic carbocycles. The number of para-hydroxylation sites is 1. The lowest BCUT2D eigenvalue weighted by molar-refractivity contribution is -0.691. The smallest absolute Gasteiger partial charge is 0.286 e. The number of imidazole rings is 2. The first-order valence-electron chi connectivity index (χ1n) is 17.1. The molecule has 0 radical (unpaired) electrons. The van der Waals surface area contributed by atoms with Crippen molar-refractivity contribution < 1.29 is 4.57 Å². The number of benzene rings is 4. The van der Waals surface area contributed by atoms with Crippen LogP contribution in [0.4, 0.5) is 0 Å². The summed E-state index contributed by atoms with van der Waals surface area (Å²) in [5.74, 6) is 4.45. The van der Waals surface area contributed by atoms with Crippen molar-refractivity contribution >= 4 is 0 Å². The molecule has 0 saturated heterocycles. The normalized spacial score (nSPS) is 12.0. The van der Waals surface area contributed by atoms with Gasteiger partial charge in [-0.1, -0.05) is 133 Å². The van der Waals surface area contributed by atoms with Gasteiger partial charge in [0.25, 0.3) is 5.82 Å². The summed E-state index contributed by atoms with van der Waals surface area (Å²) in [6.07, 6.45) is 8.17. The summed E-state index contributed by atoms with van der Waals surface area (Å²) in [6, 6.07) is 34.4. The van der Waals surface area contributed by atoms with Gasteiger partial charge < -0.3 is 0 Å². The van der Waals surface area contributed by atoms with E-state index in [0.717, 1.165) is 17.9 Å². The van der Waals surface area contributed by atoms with Crippen molar-refractivity contribution in [1.29, 1.82) is 0 Å². The van der Waals surface area contributed by atoms with Gasteiger partial charge in [0, 0.05) is 18.0 Å². The molecule has 6 aromatic rings. The highest BCUT2D eigenvalue weighted by Crippen LogP contribution is 2.34. The van der Waals surface area contributed by atoms with Gasteiger partial charge >= 0.3 is 0 Å². The Hall–Kier alpha value is -4.70. The second kappa shape index (κ2) is 15.3. The Labute approximate surface area is 282 Å². The van der Waals surface area contributed by atoms with Gasteiger partial charge in [-0.3, -0.25) is 4.57 Å². The number of aromatic nitrogens is 4. The lowest BCUT2D eigenvalue weighted by Crippen LogP contribution is -2.38. The maximum atomic E-state index is 4.76. The summed E-state index contributed by atoms with van der Waals surface area (Å²) < 4.78 is 4.60. The van der Waals surface area contributed by atoms with Crippen LogP contribution in [-0.4, -0.2) is 14.5 Å². The fourth-order valence-electron chi connectivity index (χ4n) is 6.06. The second-order valence-electron chi connectivity index (χ2n) is 13.7. The topological polar surface area (TPSA) is 37.5 Å². The van der Waals surface area contributed by atoms with Crippen LogP contribution in [0.2, 0.25) is 0 Å². The first-order valence-corrected chi connectivity index (χ1v) is 17.1. The van der Waals surface area contributed by atoms with Crippen LogP contribution in [0.5, 0.6) is 0 Å². The Bertz CT molecular complexity index is 1850. The van der Waals surface area contributed by atoms with E-state index in [1.807, 2.05) is 12.4 Å². The number of aromatic amines is 1. The van der Waals surface area contributed by atoms with Crippen molar-refractivity contribution in [3.63, 3.8) is 0 Å². The maximum Gasteiger partial charge on any atom is 0.286 e. The summed E-state index contributed by atoms with van der Waals surface area (Å²) >= 11 is 0. The minimum absolute atomic E-state index is 0.439. The highest BCUT2D eigenvalue weighted by molar-refractivity contribution is 5.71. The molecule has 1 atom stereocenters. The monoisotopic (exact) mass is 623 g/mol. The summed E-state index contributed by atoms with van der Waals surface area (Å²) in [7, 11) is 0. The lowest BCUT2D eigenvalue weighted by Gasteiger charge is -2.22. The van der Waals surface area contributed by atoms with E-state index < -0.39 is 0 Å². The quantitative estimate of drug-likeness (QED) is 0.160. The summed E-state index contributed by atoms with van der Waals surface area (Å²) in [4.78, 5) is 8.13. The summed E-state index contributed by atoms with van der Waals surface area (Å²) in [5, 5.41) is 0. The van der Waals surface area contributed by atoms with Crippen LogP contribution in [0, 0.1) is 18.8 Å². The van der Waals surface area contributed by atoms with E-state index in [-0.39, 0.29) is 0 Å². The number of hydrogen-bond donors (Lipinski definition) is 1. The zero-order chi connectivity index (χ0) is 33.5. The van der Waals surface area contributed by atoms with E-state index in [9.17, 15) is 0 Å². The molecule has 0 aliphatic rings. The molecule has 2 aromatic heterocycles. The first kappa shape index (κ1) is 33.7.